The van der Waals surface area contributed by atoms with Crippen molar-refractivity contribution in [2.75, 3.05) is 11.9 Å². The van der Waals surface area contributed by atoms with Crippen molar-refractivity contribution >= 4 is 11.6 Å². The summed E-state index contributed by atoms with van der Waals surface area (Å²) in [5, 5.41) is 2.99. The number of amides is 1. The summed E-state index contributed by atoms with van der Waals surface area (Å²) in [7, 11) is 0. The number of nitrogens with one attached hydrogen (secondary N) is 1. The van der Waals surface area contributed by atoms with Gasteiger partial charge in [0.15, 0.2) is 0 Å². The summed E-state index contributed by atoms with van der Waals surface area (Å²) in [5.41, 5.74) is 3.87. The molecule has 1 aliphatic heterocycles. The van der Waals surface area contributed by atoms with Gasteiger partial charge in [0.25, 0.3) is 5.91 Å². The Hall–Kier alpha value is -2.13. The number of rotatable bonds is 4. The standard InChI is InChI=1S/C21H26N2O/c1-16-7-3-4-9-20(16)21(24)22-19-12-10-18(11-13-19)15-23-14-6-5-8-17(23)2/h3-4,7,9-13,17H,5-6,8,14-15H2,1-2H3,(H,22,24)/t17-/m1/s1. The lowest BCUT2D eigenvalue weighted by atomic mass is 10.0. The molecule has 0 radical (unpaired) electrons. The molecule has 1 fully saturated rings. The van der Waals surface area contributed by atoms with Crippen molar-refractivity contribution in [3.05, 3.63) is 65.2 Å². The largest absolute Gasteiger partial charge is 0.322 e. The van der Waals surface area contributed by atoms with Crippen LogP contribution in [-0.2, 0) is 6.54 Å². The zero-order valence-electron chi connectivity index (χ0n) is 14.6. The number of anilines is 1. The Kier molecular flexibility index (Phi) is 5.31. The summed E-state index contributed by atoms with van der Waals surface area (Å²) in [6.07, 6.45) is 3.95. The van der Waals surface area contributed by atoms with Crippen LogP contribution in [0.4, 0.5) is 5.69 Å². The third-order valence-corrected chi connectivity index (χ3v) is 4.93. The van der Waals surface area contributed by atoms with Crippen molar-refractivity contribution < 1.29 is 4.79 Å². The van der Waals surface area contributed by atoms with Gasteiger partial charge in [0.2, 0.25) is 0 Å². The molecule has 1 atom stereocenters. The summed E-state index contributed by atoms with van der Waals surface area (Å²) < 4.78 is 0. The Morgan fingerprint density at radius 3 is 2.58 bits per heavy atom. The second-order valence-electron chi connectivity index (χ2n) is 6.78. The van der Waals surface area contributed by atoms with E-state index in [0.717, 1.165) is 23.4 Å². The number of hydrogen-bond donors (Lipinski definition) is 1. The van der Waals surface area contributed by atoms with E-state index >= 15 is 0 Å². The van der Waals surface area contributed by atoms with E-state index < -0.39 is 0 Å². The van der Waals surface area contributed by atoms with E-state index in [2.05, 4.69) is 29.3 Å². The Morgan fingerprint density at radius 1 is 1.12 bits per heavy atom. The van der Waals surface area contributed by atoms with Gasteiger partial charge in [-0.3, -0.25) is 9.69 Å². The fraction of sp³-hybridized carbons (Fsp3) is 0.381. The molecule has 2 aromatic carbocycles. The van der Waals surface area contributed by atoms with E-state index in [1.807, 2.05) is 43.3 Å². The van der Waals surface area contributed by atoms with Gasteiger partial charge >= 0.3 is 0 Å². The van der Waals surface area contributed by atoms with E-state index in [1.165, 1.54) is 31.4 Å². The predicted molar refractivity (Wildman–Crippen MR) is 99.3 cm³/mol. The summed E-state index contributed by atoms with van der Waals surface area (Å²) >= 11 is 0. The highest BCUT2D eigenvalue weighted by Gasteiger charge is 2.18. The van der Waals surface area contributed by atoms with Crippen LogP contribution in [0.25, 0.3) is 0 Å². The molecule has 3 rings (SSSR count). The van der Waals surface area contributed by atoms with Crippen LogP contribution in [0.2, 0.25) is 0 Å². The van der Waals surface area contributed by atoms with Crippen molar-refractivity contribution in [3.63, 3.8) is 0 Å². The minimum atomic E-state index is -0.0505. The molecule has 126 valence electrons. The lowest BCUT2D eigenvalue weighted by Gasteiger charge is -2.33. The predicted octanol–water partition coefficient (Wildman–Crippen LogP) is 4.62. The maximum absolute atomic E-state index is 12.4. The normalized spacial score (nSPS) is 18.3. The lowest BCUT2D eigenvalue weighted by Crippen LogP contribution is -2.36. The molecular weight excluding hydrogens is 296 g/mol. The number of carbonyl (C=O) groups excluding carboxylic acids is 1. The third-order valence-electron chi connectivity index (χ3n) is 4.93. The number of aryl methyl sites for hydroxylation is 1. The molecule has 0 bridgehead atoms. The van der Waals surface area contributed by atoms with Crippen molar-refractivity contribution in [3.8, 4) is 0 Å². The molecule has 0 unspecified atom stereocenters. The molecule has 2 aromatic rings. The zero-order chi connectivity index (χ0) is 16.9. The number of nitrogens with zero attached hydrogens (tertiary/aromatic N) is 1. The van der Waals surface area contributed by atoms with Crippen LogP contribution in [0.15, 0.2) is 48.5 Å². The second-order valence-corrected chi connectivity index (χ2v) is 6.78. The summed E-state index contributed by atoms with van der Waals surface area (Å²) in [5.74, 6) is -0.0505. The van der Waals surface area contributed by atoms with Gasteiger partial charge in [-0.15, -0.1) is 0 Å². The van der Waals surface area contributed by atoms with Crippen LogP contribution in [0.5, 0.6) is 0 Å². The van der Waals surface area contributed by atoms with Crippen LogP contribution < -0.4 is 5.32 Å². The van der Waals surface area contributed by atoms with Gasteiger partial charge in [0.05, 0.1) is 0 Å². The smallest absolute Gasteiger partial charge is 0.255 e. The first kappa shape index (κ1) is 16.7. The highest BCUT2D eigenvalue weighted by molar-refractivity contribution is 6.05. The SMILES string of the molecule is Cc1ccccc1C(=O)Nc1ccc(CN2CCCC[C@H]2C)cc1. The number of carbonyl (C=O) groups is 1. The van der Waals surface area contributed by atoms with Crippen molar-refractivity contribution in [2.45, 2.75) is 45.7 Å². The summed E-state index contributed by atoms with van der Waals surface area (Å²) in [4.78, 5) is 14.9. The van der Waals surface area contributed by atoms with Gasteiger partial charge in [-0.2, -0.15) is 0 Å². The molecule has 1 saturated heterocycles. The quantitative estimate of drug-likeness (QED) is 0.890. The average molecular weight is 322 g/mol. The Bertz CT molecular complexity index is 693. The molecule has 0 aromatic heterocycles. The first-order valence-electron chi connectivity index (χ1n) is 8.83. The van der Waals surface area contributed by atoms with Gasteiger partial charge in [-0.25, -0.2) is 0 Å². The number of benzene rings is 2. The Balaban J connectivity index is 1.62. The molecule has 0 saturated carbocycles. The summed E-state index contributed by atoms with van der Waals surface area (Å²) in [6.45, 7) is 6.45. The maximum Gasteiger partial charge on any atom is 0.255 e. The molecule has 1 N–H and O–H groups in total. The highest BCUT2D eigenvalue weighted by atomic mass is 16.1. The van der Waals surface area contributed by atoms with E-state index in [9.17, 15) is 4.79 Å². The molecule has 0 spiro atoms. The Labute approximate surface area is 144 Å². The molecule has 1 heterocycles. The molecular formula is C21H26N2O. The number of likely N-dealkylation sites (tertiary alicyclic amines) is 1. The average Bonchev–Trinajstić information content (AvgIpc) is 2.59. The number of hydrogen-bond acceptors (Lipinski definition) is 2. The highest BCUT2D eigenvalue weighted by Crippen LogP contribution is 2.20. The molecule has 0 aliphatic carbocycles. The minimum absolute atomic E-state index is 0.0505. The maximum atomic E-state index is 12.4. The van der Waals surface area contributed by atoms with Gasteiger partial charge in [0, 0.05) is 23.8 Å². The van der Waals surface area contributed by atoms with E-state index in [-0.39, 0.29) is 5.91 Å². The molecule has 3 heteroatoms. The molecule has 1 aliphatic rings. The van der Waals surface area contributed by atoms with Gasteiger partial charge in [0.1, 0.15) is 0 Å². The first-order chi connectivity index (χ1) is 11.6. The van der Waals surface area contributed by atoms with Gasteiger partial charge in [-0.1, -0.05) is 36.8 Å². The monoisotopic (exact) mass is 322 g/mol. The molecule has 24 heavy (non-hydrogen) atoms. The minimum Gasteiger partial charge on any atom is -0.322 e. The van der Waals surface area contributed by atoms with Crippen LogP contribution in [-0.4, -0.2) is 23.4 Å². The lowest BCUT2D eigenvalue weighted by molar-refractivity contribution is 0.102. The first-order valence-corrected chi connectivity index (χ1v) is 8.83. The van der Waals surface area contributed by atoms with Crippen LogP contribution in [0.1, 0.15) is 47.7 Å². The van der Waals surface area contributed by atoms with Crippen LogP contribution >= 0.6 is 0 Å². The van der Waals surface area contributed by atoms with E-state index in [0.29, 0.717) is 6.04 Å². The Morgan fingerprint density at radius 2 is 1.88 bits per heavy atom. The van der Waals surface area contributed by atoms with Crippen molar-refractivity contribution in [2.24, 2.45) is 0 Å². The van der Waals surface area contributed by atoms with Gasteiger partial charge in [-0.05, 0) is 62.6 Å². The van der Waals surface area contributed by atoms with Crippen LogP contribution in [0, 0.1) is 6.92 Å². The summed E-state index contributed by atoms with van der Waals surface area (Å²) in [6, 6.07) is 16.6. The number of piperidine rings is 1. The van der Waals surface area contributed by atoms with Crippen molar-refractivity contribution in [1.29, 1.82) is 0 Å². The van der Waals surface area contributed by atoms with E-state index in [1.54, 1.807) is 0 Å². The topological polar surface area (TPSA) is 32.3 Å². The fourth-order valence-electron chi connectivity index (χ4n) is 3.35. The van der Waals surface area contributed by atoms with Crippen molar-refractivity contribution in [1.82, 2.24) is 4.90 Å². The van der Waals surface area contributed by atoms with Gasteiger partial charge < -0.3 is 5.32 Å². The third kappa shape index (κ3) is 4.04. The fourth-order valence-corrected chi connectivity index (χ4v) is 3.35. The molecule has 3 nitrogen and oxygen atoms in total. The van der Waals surface area contributed by atoms with E-state index in [4.69, 9.17) is 0 Å². The van der Waals surface area contributed by atoms with Crippen LogP contribution in [0.3, 0.4) is 0 Å². The second kappa shape index (κ2) is 7.63. The molecule has 1 amide bonds. The zero-order valence-corrected chi connectivity index (χ0v) is 14.6.